The van der Waals surface area contributed by atoms with Crippen molar-refractivity contribution in [3.63, 3.8) is 0 Å². The van der Waals surface area contributed by atoms with E-state index in [1.165, 1.54) is 12.1 Å². The van der Waals surface area contributed by atoms with Crippen LogP contribution in [0.25, 0.3) is 0 Å². The number of halogens is 1. The molecule has 2 aromatic carbocycles. The topological polar surface area (TPSA) is 94.4 Å². The van der Waals surface area contributed by atoms with Gasteiger partial charge in [0.1, 0.15) is 11.5 Å². The lowest BCUT2D eigenvalue weighted by Gasteiger charge is -2.09. The number of carbonyl (C=O) groups excluding carboxylic acids is 1. The largest absolute Gasteiger partial charge is 0.457 e. The monoisotopic (exact) mass is 369 g/mol. The van der Waals surface area contributed by atoms with Crippen molar-refractivity contribution in [2.24, 2.45) is 0 Å². The highest BCUT2D eigenvalue weighted by molar-refractivity contribution is 6.34. The zero-order chi connectivity index (χ0) is 18.5. The molecule has 0 aliphatic carbocycles. The summed E-state index contributed by atoms with van der Waals surface area (Å²) in [5.41, 5.74) is 0.452. The molecule has 0 spiro atoms. The molecule has 0 bridgehead atoms. The summed E-state index contributed by atoms with van der Waals surface area (Å²) in [5.74, 6) is 0.664. The van der Waals surface area contributed by atoms with Crippen molar-refractivity contribution >= 4 is 28.9 Å². The third kappa shape index (κ3) is 4.14. The first-order valence-electron chi connectivity index (χ1n) is 7.46. The lowest BCUT2D eigenvalue weighted by Crippen LogP contribution is -2.12. The molecule has 8 heteroatoms. The number of aromatic nitrogens is 1. The van der Waals surface area contributed by atoms with Crippen molar-refractivity contribution in [1.82, 2.24) is 4.98 Å². The molecule has 130 valence electrons. The minimum Gasteiger partial charge on any atom is -0.457 e. The average molecular weight is 370 g/mol. The van der Waals surface area contributed by atoms with Crippen LogP contribution in [0.4, 0.5) is 11.4 Å². The van der Waals surface area contributed by atoms with Crippen LogP contribution in [0.3, 0.4) is 0 Å². The Bertz CT molecular complexity index is 964. The van der Waals surface area contributed by atoms with E-state index in [1.807, 2.05) is 0 Å². The van der Waals surface area contributed by atoms with E-state index in [9.17, 15) is 14.9 Å². The second-order valence-electron chi connectivity index (χ2n) is 5.19. The molecule has 0 fully saturated rings. The van der Waals surface area contributed by atoms with E-state index in [1.54, 1.807) is 48.8 Å². The van der Waals surface area contributed by atoms with Crippen LogP contribution in [0.2, 0.25) is 5.02 Å². The zero-order valence-corrected chi connectivity index (χ0v) is 14.0. The molecule has 1 heterocycles. The van der Waals surface area contributed by atoms with Gasteiger partial charge >= 0.3 is 0 Å². The van der Waals surface area contributed by atoms with Gasteiger partial charge in [0, 0.05) is 36.3 Å². The molecule has 1 N–H and O–H groups in total. The Balaban J connectivity index is 1.75. The minimum atomic E-state index is -0.576. The number of nitrogens with zero attached hydrogens (tertiary/aromatic N) is 2. The predicted molar refractivity (Wildman–Crippen MR) is 96.8 cm³/mol. The molecule has 0 unspecified atom stereocenters. The number of hydrogen-bond donors (Lipinski definition) is 1. The van der Waals surface area contributed by atoms with Gasteiger partial charge in [-0.3, -0.25) is 19.9 Å². The van der Waals surface area contributed by atoms with Crippen molar-refractivity contribution < 1.29 is 14.5 Å². The van der Waals surface area contributed by atoms with Crippen molar-refractivity contribution in [2.45, 2.75) is 0 Å². The number of carbonyl (C=O) groups is 1. The number of benzene rings is 2. The number of rotatable bonds is 5. The summed E-state index contributed by atoms with van der Waals surface area (Å²) in [7, 11) is 0. The maximum Gasteiger partial charge on any atom is 0.270 e. The summed E-state index contributed by atoms with van der Waals surface area (Å²) in [5, 5.41) is 13.4. The molecular weight excluding hydrogens is 358 g/mol. The van der Waals surface area contributed by atoms with E-state index in [2.05, 4.69) is 10.3 Å². The van der Waals surface area contributed by atoms with E-state index in [4.69, 9.17) is 16.3 Å². The molecule has 0 saturated carbocycles. The highest BCUT2D eigenvalue weighted by Gasteiger charge is 2.15. The third-order valence-corrected chi connectivity index (χ3v) is 3.70. The zero-order valence-electron chi connectivity index (χ0n) is 13.3. The summed E-state index contributed by atoms with van der Waals surface area (Å²) < 4.78 is 5.68. The Hall–Kier alpha value is -3.45. The second kappa shape index (κ2) is 7.62. The molecule has 0 radical (unpaired) electrons. The van der Waals surface area contributed by atoms with Gasteiger partial charge in [-0.05, 0) is 30.3 Å². The fraction of sp³-hybridized carbons (Fsp3) is 0. The Labute approximate surface area is 153 Å². The van der Waals surface area contributed by atoms with Crippen LogP contribution in [-0.4, -0.2) is 15.8 Å². The predicted octanol–water partition coefficient (Wildman–Crippen LogP) is 4.69. The number of nitrogens with one attached hydrogen (secondary N) is 1. The smallest absolute Gasteiger partial charge is 0.270 e. The van der Waals surface area contributed by atoms with E-state index in [0.29, 0.717) is 17.2 Å². The molecule has 3 rings (SSSR count). The Morgan fingerprint density at radius 3 is 2.54 bits per heavy atom. The van der Waals surface area contributed by atoms with E-state index < -0.39 is 10.8 Å². The van der Waals surface area contributed by atoms with Gasteiger partial charge in [-0.25, -0.2) is 0 Å². The molecule has 26 heavy (non-hydrogen) atoms. The Kier molecular flexibility index (Phi) is 5.09. The molecule has 0 aliphatic rings. The van der Waals surface area contributed by atoms with Gasteiger partial charge in [0.2, 0.25) is 0 Å². The van der Waals surface area contributed by atoms with Gasteiger partial charge in [-0.2, -0.15) is 0 Å². The maximum atomic E-state index is 12.4. The number of pyridine rings is 1. The second-order valence-corrected chi connectivity index (χ2v) is 5.60. The van der Waals surface area contributed by atoms with E-state index in [-0.39, 0.29) is 16.3 Å². The number of anilines is 1. The highest BCUT2D eigenvalue weighted by Crippen LogP contribution is 2.26. The van der Waals surface area contributed by atoms with Crippen LogP contribution in [0.15, 0.2) is 67.0 Å². The van der Waals surface area contributed by atoms with Crippen LogP contribution < -0.4 is 10.1 Å². The average Bonchev–Trinajstić information content (AvgIpc) is 2.62. The van der Waals surface area contributed by atoms with Gasteiger partial charge in [0.15, 0.2) is 0 Å². The van der Waals surface area contributed by atoms with Crippen molar-refractivity contribution in [3.8, 4) is 11.5 Å². The molecular formula is C18H12ClN3O4. The van der Waals surface area contributed by atoms with Crippen LogP contribution >= 0.6 is 11.6 Å². The van der Waals surface area contributed by atoms with Gasteiger partial charge in [-0.15, -0.1) is 0 Å². The first-order chi connectivity index (χ1) is 12.5. The molecule has 7 nitrogen and oxygen atoms in total. The number of amides is 1. The molecule has 0 atom stereocenters. The number of nitro benzene ring substituents is 1. The standard InChI is InChI=1S/C18H12ClN3O4/c19-17-11-13(22(24)25)4-5-16(17)18(23)21-12-2-1-3-15(10-12)26-14-6-8-20-9-7-14/h1-11H,(H,21,23). The van der Waals surface area contributed by atoms with E-state index in [0.717, 1.165) is 6.07 Å². The number of nitro groups is 1. The molecule has 0 aliphatic heterocycles. The SMILES string of the molecule is O=C(Nc1cccc(Oc2ccncc2)c1)c1ccc([N+](=O)[O-])cc1Cl. The van der Waals surface area contributed by atoms with Crippen LogP contribution in [0.5, 0.6) is 11.5 Å². The summed E-state index contributed by atoms with van der Waals surface area (Å²) in [6.45, 7) is 0. The maximum absolute atomic E-state index is 12.4. The van der Waals surface area contributed by atoms with Crippen molar-refractivity contribution in [3.05, 3.63) is 87.7 Å². The first-order valence-corrected chi connectivity index (χ1v) is 7.84. The third-order valence-electron chi connectivity index (χ3n) is 3.39. The summed E-state index contributed by atoms with van der Waals surface area (Å²) in [6.07, 6.45) is 3.22. The Morgan fingerprint density at radius 2 is 1.85 bits per heavy atom. The van der Waals surface area contributed by atoms with Crippen molar-refractivity contribution in [2.75, 3.05) is 5.32 Å². The number of ether oxygens (including phenoxy) is 1. The normalized spacial score (nSPS) is 10.2. The highest BCUT2D eigenvalue weighted by atomic mass is 35.5. The fourth-order valence-electron chi connectivity index (χ4n) is 2.18. The van der Waals surface area contributed by atoms with Gasteiger partial charge in [0.05, 0.1) is 15.5 Å². The summed E-state index contributed by atoms with van der Waals surface area (Å²) in [6, 6.07) is 13.9. The van der Waals surface area contributed by atoms with Crippen LogP contribution in [-0.2, 0) is 0 Å². The van der Waals surface area contributed by atoms with Gasteiger partial charge in [-0.1, -0.05) is 17.7 Å². The molecule has 0 saturated heterocycles. The molecule has 3 aromatic rings. The Morgan fingerprint density at radius 1 is 1.08 bits per heavy atom. The summed E-state index contributed by atoms with van der Waals surface area (Å²) in [4.78, 5) is 26.4. The van der Waals surface area contributed by atoms with Gasteiger partial charge < -0.3 is 10.1 Å². The van der Waals surface area contributed by atoms with Crippen LogP contribution in [0, 0.1) is 10.1 Å². The number of non-ortho nitro benzene ring substituents is 1. The quantitative estimate of drug-likeness (QED) is 0.520. The fourth-order valence-corrected chi connectivity index (χ4v) is 2.44. The summed E-state index contributed by atoms with van der Waals surface area (Å²) >= 11 is 5.98. The van der Waals surface area contributed by atoms with Crippen molar-refractivity contribution in [1.29, 1.82) is 0 Å². The lowest BCUT2D eigenvalue weighted by molar-refractivity contribution is -0.384. The molecule has 1 aromatic heterocycles. The molecule has 1 amide bonds. The first kappa shape index (κ1) is 17.4. The minimum absolute atomic E-state index is 0.000824. The van der Waals surface area contributed by atoms with E-state index >= 15 is 0 Å². The van der Waals surface area contributed by atoms with Gasteiger partial charge in [0.25, 0.3) is 11.6 Å². The lowest BCUT2D eigenvalue weighted by atomic mass is 10.2. The van der Waals surface area contributed by atoms with Crippen LogP contribution in [0.1, 0.15) is 10.4 Å². The number of hydrogen-bond acceptors (Lipinski definition) is 5.